The average molecular weight is 464 g/mol. The van der Waals surface area contributed by atoms with Crippen molar-refractivity contribution in [2.24, 2.45) is 11.8 Å². The van der Waals surface area contributed by atoms with Crippen LogP contribution in [0.4, 0.5) is 4.39 Å². The first-order valence-corrected chi connectivity index (χ1v) is 11.2. The minimum Gasteiger partial charge on any atom is -0.396 e. The molecule has 9 heteroatoms. The Kier molecular flexibility index (Phi) is 5.75. The van der Waals surface area contributed by atoms with Crippen LogP contribution >= 0.6 is 0 Å². The van der Waals surface area contributed by atoms with E-state index >= 15 is 0 Å². The van der Waals surface area contributed by atoms with Gasteiger partial charge < -0.3 is 14.6 Å². The molecule has 0 unspecified atom stereocenters. The number of likely N-dealkylation sites (tertiary alicyclic amines) is 1. The molecular weight excluding hydrogens is 437 g/mol. The van der Waals surface area contributed by atoms with Crippen LogP contribution in [-0.4, -0.2) is 62.1 Å². The number of rotatable bonds is 5. The van der Waals surface area contributed by atoms with Crippen LogP contribution in [0.1, 0.15) is 17.3 Å². The molecule has 1 N–H and O–H groups in total. The number of hydrogen-bond acceptors (Lipinski definition) is 6. The number of benzene rings is 1. The maximum atomic E-state index is 14.6. The van der Waals surface area contributed by atoms with E-state index in [1.165, 1.54) is 17.3 Å². The molecule has 1 fully saturated rings. The van der Waals surface area contributed by atoms with E-state index in [2.05, 4.69) is 9.97 Å². The van der Waals surface area contributed by atoms with Gasteiger partial charge in [0.15, 0.2) is 0 Å². The molecule has 4 heterocycles. The maximum absolute atomic E-state index is 14.6. The van der Waals surface area contributed by atoms with Gasteiger partial charge >= 0.3 is 0 Å². The topological polar surface area (TPSA) is 91.6 Å². The molecule has 4 atom stereocenters. The van der Waals surface area contributed by atoms with Crippen LogP contribution in [-0.2, 0) is 17.9 Å². The van der Waals surface area contributed by atoms with Crippen LogP contribution in [0.15, 0.2) is 59.9 Å². The highest BCUT2D eigenvalue weighted by molar-refractivity contribution is 5.82. The summed E-state index contributed by atoms with van der Waals surface area (Å²) in [6, 6.07) is 9.21. The lowest BCUT2D eigenvalue weighted by atomic mass is 9.88. The molecule has 5 rings (SSSR count). The van der Waals surface area contributed by atoms with Gasteiger partial charge in [-0.3, -0.25) is 14.5 Å². The van der Waals surface area contributed by atoms with Crippen LogP contribution in [0.3, 0.4) is 0 Å². The molecule has 3 aromatic rings. The molecule has 1 amide bonds. The molecule has 2 aromatic heterocycles. The summed E-state index contributed by atoms with van der Waals surface area (Å²) in [5.41, 5.74) is 2.18. The molecular formula is C25H26FN5O3. The van der Waals surface area contributed by atoms with Crippen molar-refractivity contribution < 1.29 is 14.3 Å². The fraction of sp³-hybridized carbons (Fsp3) is 0.360. The van der Waals surface area contributed by atoms with E-state index in [1.807, 2.05) is 11.0 Å². The second-order valence-electron chi connectivity index (χ2n) is 9.11. The Morgan fingerprint density at radius 3 is 2.59 bits per heavy atom. The van der Waals surface area contributed by atoms with Crippen molar-refractivity contribution in [3.63, 3.8) is 0 Å². The number of carbonyl (C=O) groups is 1. The number of aliphatic hydroxyl groups excluding tert-OH is 1. The van der Waals surface area contributed by atoms with E-state index in [0.29, 0.717) is 23.2 Å². The van der Waals surface area contributed by atoms with Gasteiger partial charge in [0.25, 0.3) is 5.56 Å². The zero-order chi connectivity index (χ0) is 24.0. The summed E-state index contributed by atoms with van der Waals surface area (Å²) in [6.07, 6.45) is 4.60. The normalized spacial score (nSPS) is 23.5. The number of halogens is 1. The molecule has 34 heavy (non-hydrogen) atoms. The monoisotopic (exact) mass is 463 g/mol. The number of pyridine rings is 1. The van der Waals surface area contributed by atoms with E-state index in [-0.39, 0.29) is 42.4 Å². The zero-order valence-corrected chi connectivity index (χ0v) is 19.0. The fourth-order valence-corrected chi connectivity index (χ4v) is 5.51. The Hall–Kier alpha value is -3.43. The number of carbonyl (C=O) groups excluding carboxylic acids is 1. The van der Waals surface area contributed by atoms with E-state index in [4.69, 9.17) is 0 Å². The second kappa shape index (κ2) is 8.73. The van der Waals surface area contributed by atoms with Gasteiger partial charge in [0.1, 0.15) is 12.1 Å². The predicted molar refractivity (Wildman–Crippen MR) is 123 cm³/mol. The summed E-state index contributed by atoms with van der Waals surface area (Å²) < 4.78 is 16.3. The molecule has 0 saturated carbocycles. The van der Waals surface area contributed by atoms with Crippen molar-refractivity contribution in [3.8, 4) is 11.1 Å². The zero-order valence-electron chi connectivity index (χ0n) is 19.0. The van der Waals surface area contributed by atoms with Gasteiger partial charge in [-0.1, -0.05) is 18.2 Å². The van der Waals surface area contributed by atoms with Gasteiger partial charge in [-0.15, -0.1) is 0 Å². The first-order valence-electron chi connectivity index (χ1n) is 11.2. The Labute approximate surface area is 196 Å². The SMILES string of the molecule is CN(C)C(=O)[C@@H]1[C@@H](CO)[C@@H]2Cn3c(ccc(-c4cncnc4)c3=O)[C@@H]2N1Cc1ccccc1F. The van der Waals surface area contributed by atoms with E-state index in [9.17, 15) is 19.1 Å². The van der Waals surface area contributed by atoms with E-state index < -0.39 is 12.0 Å². The molecule has 0 aliphatic carbocycles. The van der Waals surface area contributed by atoms with Crippen LogP contribution in [0, 0.1) is 17.7 Å². The lowest BCUT2D eigenvalue weighted by Crippen LogP contribution is -2.47. The molecule has 2 aliphatic rings. The molecule has 1 saturated heterocycles. The number of amides is 1. The van der Waals surface area contributed by atoms with Gasteiger partial charge in [0.2, 0.25) is 5.91 Å². The highest BCUT2D eigenvalue weighted by Gasteiger charge is 2.55. The maximum Gasteiger partial charge on any atom is 0.258 e. The molecule has 176 valence electrons. The summed E-state index contributed by atoms with van der Waals surface area (Å²) in [4.78, 5) is 38.2. The van der Waals surface area contributed by atoms with Crippen molar-refractivity contribution in [3.05, 3.63) is 82.5 Å². The first kappa shape index (κ1) is 22.4. The van der Waals surface area contributed by atoms with E-state index in [1.54, 1.807) is 55.3 Å². The lowest BCUT2D eigenvalue weighted by Gasteiger charge is -2.32. The molecule has 0 bridgehead atoms. The molecule has 1 aromatic carbocycles. The highest BCUT2D eigenvalue weighted by Crippen LogP contribution is 2.50. The lowest BCUT2D eigenvalue weighted by molar-refractivity contribution is -0.136. The predicted octanol–water partition coefficient (Wildman–Crippen LogP) is 1.70. The summed E-state index contributed by atoms with van der Waals surface area (Å²) in [6.45, 7) is 0.356. The third-order valence-electron chi connectivity index (χ3n) is 7.07. The van der Waals surface area contributed by atoms with Crippen LogP contribution in [0.25, 0.3) is 11.1 Å². The second-order valence-corrected chi connectivity index (χ2v) is 9.11. The van der Waals surface area contributed by atoms with Crippen LogP contribution < -0.4 is 5.56 Å². The van der Waals surface area contributed by atoms with Crippen molar-refractivity contribution in [2.45, 2.75) is 25.2 Å². The number of nitrogens with zero attached hydrogens (tertiary/aromatic N) is 5. The summed E-state index contributed by atoms with van der Waals surface area (Å²) in [5.74, 6) is -1.05. The number of hydrogen-bond donors (Lipinski definition) is 1. The quantitative estimate of drug-likeness (QED) is 0.619. The van der Waals surface area contributed by atoms with Crippen molar-refractivity contribution in [1.29, 1.82) is 0 Å². The minimum atomic E-state index is -0.624. The van der Waals surface area contributed by atoms with Gasteiger partial charge in [-0.2, -0.15) is 0 Å². The largest absolute Gasteiger partial charge is 0.396 e. The summed E-state index contributed by atoms with van der Waals surface area (Å²) in [5, 5.41) is 10.4. The standard InChI is InChI=1S/C25H26FN5O3/c1-29(2)25(34)23-19(13-32)18-12-30-21(8-7-17(24(30)33)16-9-27-14-28-10-16)22(18)31(23)11-15-5-3-4-6-20(15)26/h3-10,14,18-19,22-23,32H,11-13H2,1-2H3/t18-,19-,22+,23-/m0/s1. The smallest absolute Gasteiger partial charge is 0.258 e. The van der Waals surface area contributed by atoms with E-state index in [0.717, 1.165) is 5.69 Å². The molecule has 0 radical (unpaired) electrons. The van der Waals surface area contributed by atoms with Crippen molar-refractivity contribution in [2.75, 3.05) is 20.7 Å². The average Bonchev–Trinajstić information content (AvgIpc) is 3.36. The van der Waals surface area contributed by atoms with Crippen molar-refractivity contribution in [1.82, 2.24) is 24.3 Å². The molecule has 2 aliphatic heterocycles. The third kappa shape index (κ3) is 3.52. The Bertz CT molecular complexity index is 1280. The highest BCUT2D eigenvalue weighted by atomic mass is 19.1. The Balaban J connectivity index is 1.62. The minimum absolute atomic E-state index is 0.142. The van der Waals surface area contributed by atoms with Crippen LogP contribution in [0.2, 0.25) is 0 Å². The number of aliphatic hydroxyl groups is 1. The number of likely N-dealkylation sites (N-methyl/N-ethyl adjacent to an activating group) is 1. The first-order chi connectivity index (χ1) is 16.4. The third-order valence-corrected chi connectivity index (χ3v) is 7.07. The number of fused-ring (bicyclic) bond motifs is 3. The molecule has 8 nitrogen and oxygen atoms in total. The van der Waals surface area contributed by atoms with Gasteiger partial charge in [-0.25, -0.2) is 14.4 Å². The van der Waals surface area contributed by atoms with Gasteiger partial charge in [0, 0.05) is 74.8 Å². The van der Waals surface area contributed by atoms with Gasteiger partial charge in [0.05, 0.1) is 17.6 Å². The Morgan fingerprint density at radius 1 is 1.18 bits per heavy atom. The summed E-state index contributed by atoms with van der Waals surface area (Å²) >= 11 is 0. The fourth-order valence-electron chi connectivity index (χ4n) is 5.51. The number of aromatic nitrogens is 3. The molecule has 0 spiro atoms. The van der Waals surface area contributed by atoms with Gasteiger partial charge in [-0.05, 0) is 18.2 Å². The van der Waals surface area contributed by atoms with Crippen LogP contribution in [0.5, 0.6) is 0 Å². The van der Waals surface area contributed by atoms with Crippen molar-refractivity contribution >= 4 is 5.91 Å². The Morgan fingerprint density at radius 2 is 1.91 bits per heavy atom. The summed E-state index contributed by atoms with van der Waals surface area (Å²) in [7, 11) is 3.36.